The second-order valence-corrected chi connectivity index (χ2v) is 9.72. The van der Waals surface area contributed by atoms with E-state index in [-0.39, 0.29) is 24.4 Å². The first-order chi connectivity index (χ1) is 16.1. The van der Waals surface area contributed by atoms with Gasteiger partial charge in [-0.25, -0.2) is 0 Å². The molecule has 3 rings (SSSR count). The number of hydrogen-bond acceptors (Lipinski definition) is 2. The third-order valence-corrected chi connectivity index (χ3v) is 6.81. The summed E-state index contributed by atoms with van der Waals surface area (Å²) in [6, 6.07) is 13.6. The number of carboxylic acids is 1. The van der Waals surface area contributed by atoms with Gasteiger partial charge in [-0.2, -0.15) is 13.2 Å². The second-order valence-electron chi connectivity index (χ2n) is 9.72. The molecular weight excluding hydrogens is 439 g/mol. The molecule has 0 spiro atoms. The Kier molecular flexibility index (Phi) is 8.58. The molecule has 0 aromatic heterocycles. The summed E-state index contributed by atoms with van der Waals surface area (Å²) in [5.74, 6) is -0.319. The van der Waals surface area contributed by atoms with Gasteiger partial charge >= 0.3 is 12.1 Å². The first-order valence-electron chi connectivity index (χ1n) is 12.0. The van der Waals surface area contributed by atoms with Crippen LogP contribution in [0.5, 0.6) is 0 Å². The van der Waals surface area contributed by atoms with E-state index in [9.17, 15) is 23.1 Å². The maximum atomic E-state index is 13.1. The number of hydrogen-bond donors (Lipinski definition) is 1. The van der Waals surface area contributed by atoms with Crippen molar-refractivity contribution in [1.29, 1.82) is 0 Å². The van der Waals surface area contributed by atoms with E-state index < -0.39 is 17.7 Å². The van der Waals surface area contributed by atoms with Gasteiger partial charge in [0.1, 0.15) is 0 Å². The number of halogens is 3. The number of carboxylic acid groups (broad SMARTS) is 1. The summed E-state index contributed by atoms with van der Waals surface area (Å²) in [4.78, 5) is 13.8. The molecule has 34 heavy (non-hydrogen) atoms. The van der Waals surface area contributed by atoms with E-state index in [1.54, 1.807) is 18.2 Å². The van der Waals surface area contributed by atoms with Crippen LogP contribution < -0.4 is 0 Å². The van der Waals surface area contributed by atoms with Crippen LogP contribution in [0.3, 0.4) is 0 Å². The fraction of sp³-hybridized carbons (Fsp3) is 0.464. The molecule has 3 atom stereocenters. The maximum Gasteiger partial charge on any atom is 0.416 e. The van der Waals surface area contributed by atoms with Gasteiger partial charge in [0, 0.05) is 18.5 Å². The third kappa shape index (κ3) is 6.72. The Morgan fingerprint density at radius 2 is 1.76 bits per heavy atom. The molecule has 1 N–H and O–H groups in total. The number of piperidine rings is 1. The van der Waals surface area contributed by atoms with Crippen LogP contribution in [0.1, 0.15) is 80.3 Å². The number of alkyl halides is 3. The molecular formula is C28H34F3NO2. The molecule has 1 fully saturated rings. The van der Waals surface area contributed by atoms with Crippen LogP contribution in [-0.4, -0.2) is 22.5 Å². The normalized spacial score (nSPS) is 20.3. The lowest BCUT2D eigenvalue weighted by atomic mass is 9.82. The number of benzene rings is 2. The molecule has 184 valence electrons. The third-order valence-electron chi connectivity index (χ3n) is 6.81. The summed E-state index contributed by atoms with van der Waals surface area (Å²) in [5, 5.41) is 9.35. The lowest BCUT2D eigenvalue weighted by Gasteiger charge is -2.44. The Hall–Kier alpha value is -2.60. The van der Waals surface area contributed by atoms with Crippen molar-refractivity contribution in [1.82, 2.24) is 4.90 Å². The fourth-order valence-electron chi connectivity index (χ4n) is 4.95. The van der Waals surface area contributed by atoms with Crippen LogP contribution in [0.2, 0.25) is 0 Å². The van der Waals surface area contributed by atoms with Gasteiger partial charge in [0.2, 0.25) is 0 Å². The average molecular weight is 474 g/mol. The fourth-order valence-corrected chi connectivity index (χ4v) is 4.95. The van der Waals surface area contributed by atoms with Crippen LogP contribution in [0, 0.1) is 11.8 Å². The van der Waals surface area contributed by atoms with Crippen molar-refractivity contribution in [2.75, 3.05) is 6.54 Å². The van der Waals surface area contributed by atoms with E-state index in [1.807, 2.05) is 12.1 Å². The summed E-state index contributed by atoms with van der Waals surface area (Å²) in [6.45, 7) is 8.90. The Bertz CT molecular complexity index is 951. The molecule has 0 saturated carbocycles. The Morgan fingerprint density at radius 1 is 1.12 bits per heavy atom. The molecule has 1 aliphatic heterocycles. The van der Waals surface area contributed by atoms with E-state index in [4.69, 9.17) is 0 Å². The van der Waals surface area contributed by atoms with Gasteiger partial charge in [0.05, 0.1) is 5.56 Å². The molecule has 2 aromatic rings. The maximum absolute atomic E-state index is 13.1. The predicted octanol–water partition coefficient (Wildman–Crippen LogP) is 7.75. The molecule has 1 saturated heterocycles. The van der Waals surface area contributed by atoms with Crippen LogP contribution in [0.25, 0.3) is 6.08 Å². The van der Waals surface area contributed by atoms with Gasteiger partial charge in [0.15, 0.2) is 0 Å². The number of aliphatic carboxylic acids is 1. The quantitative estimate of drug-likeness (QED) is 0.405. The van der Waals surface area contributed by atoms with E-state index in [1.165, 1.54) is 5.56 Å². The smallest absolute Gasteiger partial charge is 0.416 e. The molecule has 1 aliphatic rings. The number of likely N-dealkylation sites (tertiary alicyclic amines) is 1. The first kappa shape index (κ1) is 26.0. The Labute approximate surface area is 200 Å². The first-order valence-corrected chi connectivity index (χ1v) is 12.0. The lowest BCUT2D eigenvalue weighted by molar-refractivity contribution is -0.139. The molecule has 0 bridgehead atoms. The van der Waals surface area contributed by atoms with E-state index in [0.717, 1.165) is 42.5 Å². The number of carbonyl (C=O) groups is 1. The van der Waals surface area contributed by atoms with Crippen LogP contribution in [0.4, 0.5) is 13.2 Å². The summed E-state index contributed by atoms with van der Waals surface area (Å²) < 4.78 is 39.4. The van der Waals surface area contributed by atoms with Gasteiger partial charge in [-0.3, -0.25) is 9.69 Å². The van der Waals surface area contributed by atoms with Crippen LogP contribution in [0.15, 0.2) is 55.1 Å². The molecule has 3 nitrogen and oxygen atoms in total. The highest BCUT2D eigenvalue weighted by molar-refractivity contribution is 5.67. The number of nitrogens with zero attached hydrogens (tertiary/aromatic N) is 1. The van der Waals surface area contributed by atoms with Gasteiger partial charge in [-0.1, -0.05) is 62.9 Å². The highest BCUT2D eigenvalue weighted by Crippen LogP contribution is 2.43. The summed E-state index contributed by atoms with van der Waals surface area (Å²) in [7, 11) is 0. The second kappa shape index (κ2) is 11.2. The van der Waals surface area contributed by atoms with E-state index in [2.05, 4.69) is 37.5 Å². The van der Waals surface area contributed by atoms with Crippen LogP contribution >= 0.6 is 0 Å². The van der Waals surface area contributed by atoms with Gasteiger partial charge in [-0.15, -0.1) is 0 Å². The molecule has 1 heterocycles. The lowest BCUT2D eigenvalue weighted by Crippen LogP contribution is -2.40. The molecule has 0 amide bonds. The van der Waals surface area contributed by atoms with Crippen molar-refractivity contribution < 1.29 is 23.1 Å². The molecule has 0 unspecified atom stereocenters. The summed E-state index contributed by atoms with van der Waals surface area (Å²) >= 11 is 0. The minimum Gasteiger partial charge on any atom is -0.481 e. The van der Waals surface area contributed by atoms with Crippen molar-refractivity contribution >= 4 is 12.0 Å². The van der Waals surface area contributed by atoms with Gasteiger partial charge in [0.25, 0.3) is 0 Å². The largest absolute Gasteiger partial charge is 0.481 e. The highest BCUT2D eigenvalue weighted by atomic mass is 19.4. The SMILES string of the molecule is C=Cc1ccc([C@@H](CCC(C)C)N2CC[C@@H](CC(=O)O)C[C@H]2c2ccc(C(F)(F)F)cc2)cc1. The molecule has 2 aromatic carbocycles. The Morgan fingerprint density at radius 3 is 2.29 bits per heavy atom. The van der Waals surface area contributed by atoms with Gasteiger partial charge < -0.3 is 5.11 Å². The minimum absolute atomic E-state index is 0.00469. The monoisotopic (exact) mass is 473 g/mol. The summed E-state index contributed by atoms with van der Waals surface area (Å²) in [5.41, 5.74) is 2.34. The van der Waals surface area contributed by atoms with Crippen molar-refractivity contribution in [2.24, 2.45) is 11.8 Å². The minimum atomic E-state index is -4.39. The van der Waals surface area contributed by atoms with Crippen molar-refractivity contribution in [3.63, 3.8) is 0 Å². The highest BCUT2D eigenvalue weighted by Gasteiger charge is 2.36. The van der Waals surface area contributed by atoms with Crippen molar-refractivity contribution in [3.05, 3.63) is 77.4 Å². The standard InChI is InChI=1S/C28H34F3NO2/c1-4-20-6-8-22(9-7-20)25(14-5-19(2)3)32-16-15-21(18-27(33)34)17-26(32)23-10-12-24(13-11-23)28(29,30)31/h4,6-13,19,21,25-26H,1,5,14-18H2,2-3H3,(H,33,34)/t21-,25-,26+/m1/s1. The topological polar surface area (TPSA) is 40.5 Å². The predicted molar refractivity (Wildman–Crippen MR) is 129 cm³/mol. The van der Waals surface area contributed by atoms with Crippen molar-refractivity contribution in [2.45, 2.75) is 64.2 Å². The molecule has 6 heteroatoms. The van der Waals surface area contributed by atoms with E-state index in [0.29, 0.717) is 18.9 Å². The zero-order valence-electron chi connectivity index (χ0n) is 19.9. The molecule has 0 aliphatic carbocycles. The number of rotatable bonds is 9. The van der Waals surface area contributed by atoms with Gasteiger partial charge in [-0.05, 0) is 72.9 Å². The zero-order chi connectivity index (χ0) is 24.9. The summed E-state index contributed by atoms with van der Waals surface area (Å²) in [6.07, 6.45) is 0.801. The molecule has 0 radical (unpaired) electrons. The average Bonchev–Trinajstić information content (AvgIpc) is 2.79. The van der Waals surface area contributed by atoms with Crippen LogP contribution in [-0.2, 0) is 11.0 Å². The van der Waals surface area contributed by atoms with Crippen molar-refractivity contribution in [3.8, 4) is 0 Å². The van der Waals surface area contributed by atoms with E-state index >= 15 is 0 Å². The Balaban J connectivity index is 1.97. The zero-order valence-corrected chi connectivity index (χ0v) is 19.9.